The standard InChI is InChI=1S/C15H13N3OS.C10H8ClN.C5H6N2OS.ClH/c1-10-8-14(19)18-15(16-10)20-9-12-7-6-11-4-2-3-5-13(11)17-12;11-7-9-6-5-8-3-1-2-4-10(8)12-9;1-3-2-4(8)7-5(9)6-3;/h2-8H,9H2,1H3,(H,16,18,19);1-6H,7H2;2H,1H3,(H2,6,7,8,9);1H. The molecule has 12 heteroatoms. The van der Waals surface area contributed by atoms with Gasteiger partial charge in [0.25, 0.3) is 11.1 Å². The lowest BCUT2D eigenvalue weighted by Gasteiger charge is -2.03. The topological polar surface area (TPSA) is 120 Å². The van der Waals surface area contributed by atoms with Crippen molar-refractivity contribution in [3.63, 3.8) is 0 Å². The first-order valence-corrected chi connectivity index (χ1v) is 14.5. The van der Waals surface area contributed by atoms with Crippen molar-refractivity contribution in [2.24, 2.45) is 0 Å². The third-order valence-corrected chi connectivity index (χ3v) is 6.93. The van der Waals surface area contributed by atoms with Crippen LogP contribution in [0, 0.1) is 18.6 Å². The molecule has 0 bridgehead atoms. The summed E-state index contributed by atoms with van der Waals surface area (Å²) in [5.41, 5.74) is 5.12. The lowest BCUT2D eigenvalue weighted by atomic mass is 10.2. The Morgan fingerprint density at radius 2 is 1.31 bits per heavy atom. The number of rotatable bonds is 4. The number of nitrogens with one attached hydrogen (secondary N) is 3. The molecule has 0 amide bonds. The summed E-state index contributed by atoms with van der Waals surface area (Å²) in [5.74, 6) is 1.15. The van der Waals surface area contributed by atoms with Crippen LogP contribution in [0.2, 0.25) is 0 Å². The van der Waals surface area contributed by atoms with Crippen molar-refractivity contribution in [3.8, 4) is 0 Å². The number of H-pyrrole nitrogens is 3. The molecular formula is C30H28Cl2N6O2S2. The van der Waals surface area contributed by atoms with E-state index in [0.717, 1.165) is 44.6 Å². The molecule has 42 heavy (non-hydrogen) atoms. The second kappa shape index (κ2) is 16.0. The maximum atomic E-state index is 11.4. The van der Waals surface area contributed by atoms with Gasteiger partial charge in [-0.25, -0.2) is 4.98 Å². The summed E-state index contributed by atoms with van der Waals surface area (Å²) in [7, 11) is 0. The fraction of sp³-hybridized carbons (Fsp3) is 0.133. The van der Waals surface area contributed by atoms with Crippen molar-refractivity contribution >= 4 is 69.8 Å². The third kappa shape index (κ3) is 9.92. The number of aromatic nitrogens is 6. The number of halogens is 2. The molecule has 0 aliphatic heterocycles. The SMILES string of the molecule is Cc1cc(=O)[nH]c(=S)[nH]1.Cc1cc(=O)[nH]c(SCc2ccc3ccccc3n2)n1.Cl.ClCc1ccc2ccccc2n1. The molecule has 8 nitrogen and oxygen atoms in total. The summed E-state index contributed by atoms with van der Waals surface area (Å²) in [4.78, 5) is 43.1. The van der Waals surface area contributed by atoms with Gasteiger partial charge >= 0.3 is 0 Å². The van der Waals surface area contributed by atoms with Gasteiger partial charge in [0, 0.05) is 40.0 Å². The van der Waals surface area contributed by atoms with E-state index in [9.17, 15) is 9.59 Å². The molecule has 0 aliphatic carbocycles. The predicted molar refractivity (Wildman–Crippen MR) is 176 cm³/mol. The molecular weight excluding hydrogens is 611 g/mol. The van der Waals surface area contributed by atoms with Gasteiger partial charge in [-0.3, -0.25) is 24.5 Å². The van der Waals surface area contributed by atoms with Crippen LogP contribution < -0.4 is 11.1 Å². The molecule has 0 atom stereocenters. The lowest BCUT2D eigenvalue weighted by molar-refractivity contribution is 0.904. The summed E-state index contributed by atoms with van der Waals surface area (Å²) in [6, 6.07) is 27.0. The van der Waals surface area contributed by atoms with Crippen LogP contribution in [0.1, 0.15) is 22.8 Å². The highest BCUT2D eigenvalue weighted by molar-refractivity contribution is 7.98. The zero-order valence-electron chi connectivity index (χ0n) is 22.8. The maximum Gasteiger partial charge on any atom is 0.251 e. The van der Waals surface area contributed by atoms with Crippen molar-refractivity contribution in [3.05, 3.63) is 133 Å². The van der Waals surface area contributed by atoms with Crippen LogP contribution in [0.5, 0.6) is 0 Å². The van der Waals surface area contributed by atoms with E-state index in [2.05, 4.69) is 48.2 Å². The maximum absolute atomic E-state index is 11.4. The Balaban J connectivity index is 0.000000188. The smallest absolute Gasteiger partial charge is 0.251 e. The van der Waals surface area contributed by atoms with Gasteiger partial charge < -0.3 is 9.97 Å². The molecule has 6 rings (SSSR count). The van der Waals surface area contributed by atoms with Crippen molar-refractivity contribution in [1.82, 2.24) is 29.9 Å². The van der Waals surface area contributed by atoms with Crippen molar-refractivity contribution in [1.29, 1.82) is 0 Å². The van der Waals surface area contributed by atoms with Crippen LogP contribution in [0.4, 0.5) is 0 Å². The fourth-order valence-corrected chi connectivity index (χ4v) is 4.96. The molecule has 2 aromatic carbocycles. The molecule has 4 heterocycles. The Labute approximate surface area is 262 Å². The van der Waals surface area contributed by atoms with Gasteiger partial charge in [0.15, 0.2) is 9.93 Å². The van der Waals surface area contributed by atoms with Crippen LogP contribution in [0.3, 0.4) is 0 Å². The minimum Gasteiger partial charge on any atom is -0.336 e. The first kappa shape index (κ1) is 32.7. The van der Waals surface area contributed by atoms with Crippen molar-refractivity contribution in [2.45, 2.75) is 30.6 Å². The number of nitrogens with zero attached hydrogens (tertiary/aromatic N) is 3. The van der Waals surface area contributed by atoms with E-state index in [1.54, 1.807) is 6.92 Å². The second-order valence-corrected chi connectivity index (χ2v) is 10.5. The Hall–Kier alpha value is -3.83. The number of hydrogen-bond donors (Lipinski definition) is 3. The van der Waals surface area contributed by atoms with Crippen LogP contribution in [-0.2, 0) is 11.6 Å². The molecule has 0 saturated carbocycles. The molecule has 0 fully saturated rings. The summed E-state index contributed by atoms with van der Waals surface area (Å²) in [6.07, 6.45) is 0. The van der Waals surface area contributed by atoms with E-state index in [1.807, 2.05) is 73.7 Å². The Bertz CT molecular complexity index is 1930. The number of thioether (sulfide) groups is 1. The average Bonchev–Trinajstić information content (AvgIpc) is 2.95. The summed E-state index contributed by atoms with van der Waals surface area (Å²) in [6.45, 7) is 3.60. The zero-order chi connectivity index (χ0) is 29.2. The molecule has 3 N–H and O–H groups in total. The first-order valence-electron chi connectivity index (χ1n) is 12.6. The fourth-order valence-electron chi connectivity index (χ4n) is 3.72. The van der Waals surface area contributed by atoms with Gasteiger partial charge in [-0.2, -0.15) is 0 Å². The highest BCUT2D eigenvalue weighted by atomic mass is 35.5. The monoisotopic (exact) mass is 638 g/mol. The van der Waals surface area contributed by atoms with Gasteiger partial charge in [0.2, 0.25) is 0 Å². The van der Waals surface area contributed by atoms with Gasteiger partial charge in [0.05, 0.1) is 28.3 Å². The van der Waals surface area contributed by atoms with Gasteiger partial charge in [-0.15, -0.1) is 24.0 Å². The largest absolute Gasteiger partial charge is 0.336 e. The molecule has 0 aliphatic rings. The minimum atomic E-state index is -0.156. The molecule has 0 unspecified atom stereocenters. The van der Waals surface area contributed by atoms with Crippen molar-refractivity contribution < 1.29 is 0 Å². The Morgan fingerprint density at radius 1 is 0.738 bits per heavy atom. The second-order valence-electron chi connectivity index (χ2n) is 8.88. The Morgan fingerprint density at radius 3 is 1.88 bits per heavy atom. The summed E-state index contributed by atoms with van der Waals surface area (Å²) < 4.78 is 0.375. The number of aromatic amines is 3. The van der Waals surface area contributed by atoms with Crippen molar-refractivity contribution in [2.75, 3.05) is 0 Å². The summed E-state index contributed by atoms with van der Waals surface area (Å²) in [5, 5.41) is 2.92. The van der Waals surface area contributed by atoms with E-state index in [1.165, 1.54) is 23.9 Å². The molecule has 0 spiro atoms. The average molecular weight is 640 g/mol. The van der Waals surface area contributed by atoms with E-state index in [-0.39, 0.29) is 23.5 Å². The molecule has 4 aromatic heterocycles. The number of aryl methyl sites for hydroxylation is 2. The quantitative estimate of drug-likeness (QED) is 0.0818. The number of para-hydroxylation sites is 2. The molecule has 6 aromatic rings. The molecule has 0 saturated heterocycles. The normalized spacial score (nSPS) is 10.2. The van der Waals surface area contributed by atoms with Gasteiger partial charge in [-0.1, -0.05) is 60.3 Å². The van der Waals surface area contributed by atoms with Crippen LogP contribution >= 0.6 is 48.0 Å². The first-order chi connectivity index (χ1) is 19.8. The van der Waals surface area contributed by atoms with Gasteiger partial charge in [-0.05, 0) is 50.3 Å². The number of pyridine rings is 2. The van der Waals surface area contributed by atoms with Crippen LogP contribution in [-0.4, -0.2) is 29.9 Å². The number of alkyl halides is 1. The van der Waals surface area contributed by atoms with Gasteiger partial charge in [0.1, 0.15) is 0 Å². The van der Waals surface area contributed by atoms with E-state index < -0.39 is 0 Å². The number of fused-ring (bicyclic) bond motifs is 2. The summed E-state index contributed by atoms with van der Waals surface area (Å²) >= 11 is 11.8. The highest BCUT2D eigenvalue weighted by Crippen LogP contribution is 2.19. The van der Waals surface area contributed by atoms with E-state index >= 15 is 0 Å². The highest BCUT2D eigenvalue weighted by Gasteiger charge is 2.03. The zero-order valence-corrected chi connectivity index (χ0v) is 26.0. The third-order valence-electron chi connectivity index (χ3n) is 5.55. The number of benzene rings is 2. The lowest BCUT2D eigenvalue weighted by Crippen LogP contribution is -2.08. The molecule has 0 radical (unpaired) electrons. The Kier molecular flexibility index (Phi) is 12.4. The number of hydrogen-bond acceptors (Lipinski definition) is 7. The van der Waals surface area contributed by atoms with Crippen LogP contribution in [0.15, 0.2) is 99.7 Å². The minimum absolute atomic E-state index is 0. The van der Waals surface area contributed by atoms with Crippen LogP contribution in [0.25, 0.3) is 21.8 Å². The predicted octanol–water partition coefficient (Wildman–Crippen LogP) is 7.06. The van der Waals surface area contributed by atoms with E-state index in [4.69, 9.17) is 11.6 Å². The van der Waals surface area contributed by atoms with E-state index in [0.29, 0.717) is 21.6 Å². The molecule has 216 valence electrons.